The highest BCUT2D eigenvalue weighted by molar-refractivity contribution is 5.95. The Balaban J connectivity index is 2.54. The maximum Gasteiger partial charge on any atom is 0.224 e. The Bertz CT molecular complexity index is 527. The molecule has 1 heterocycles. The van der Waals surface area contributed by atoms with Gasteiger partial charge in [-0.05, 0) is 47.9 Å². The predicted octanol–water partition coefficient (Wildman–Crippen LogP) is 3.23. The van der Waals surface area contributed by atoms with Crippen LogP contribution in [0, 0.1) is 19.3 Å². The number of amides is 1. The molecule has 1 aliphatic rings. The summed E-state index contributed by atoms with van der Waals surface area (Å²) in [6, 6.07) is 2.20. The van der Waals surface area contributed by atoms with Crippen LogP contribution in [0.15, 0.2) is 6.07 Å². The van der Waals surface area contributed by atoms with E-state index in [4.69, 9.17) is 5.73 Å². The standard InChI is InChI=1S/C16H24N2O/c1-9-10(2)14-11(6-7-13(19)18-14)8-12(9)15(17)16(3,4)5/h8,15H,6-7,17H2,1-5H3,(H,18,19). The van der Waals surface area contributed by atoms with Crippen molar-refractivity contribution in [3.05, 3.63) is 28.3 Å². The highest BCUT2D eigenvalue weighted by Gasteiger charge is 2.27. The second-order valence-corrected chi connectivity index (χ2v) is 6.64. The predicted molar refractivity (Wildman–Crippen MR) is 79.3 cm³/mol. The van der Waals surface area contributed by atoms with E-state index in [2.05, 4.69) is 46.0 Å². The first kappa shape index (κ1) is 14.1. The summed E-state index contributed by atoms with van der Waals surface area (Å²) in [6.07, 6.45) is 1.38. The number of benzene rings is 1. The Labute approximate surface area is 115 Å². The summed E-state index contributed by atoms with van der Waals surface area (Å²) >= 11 is 0. The van der Waals surface area contributed by atoms with Crippen LogP contribution in [0.3, 0.4) is 0 Å². The Morgan fingerprint density at radius 1 is 1.21 bits per heavy atom. The van der Waals surface area contributed by atoms with Gasteiger partial charge in [-0.3, -0.25) is 4.79 Å². The molecule has 1 unspecified atom stereocenters. The van der Waals surface area contributed by atoms with E-state index in [0.29, 0.717) is 6.42 Å². The number of hydrogen-bond donors (Lipinski definition) is 2. The summed E-state index contributed by atoms with van der Waals surface area (Å²) in [5, 5.41) is 2.99. The van der Waals surface area contributed by atoms with Gasteiger partial charge in [0, 0.05) is 18.2 Å². The molecule has 1 amide bonds. The third-order valence-corrected chi connectivity index (χ3v) is 4.18. The molecule has 1 aromatic carbocycles. The van der Waals surface area contributed by atoms with E-state index in [0.717, 1.165) is 17.7 Å². The second kappa shape index (κ2) is 4.64. The van der Waals surface area contributed by atoms with Gasteiger partial charge in [0.15, 0.2) is 0 Å². The van der Waals surface area contributed by atoms with Gasteiger partial charge in [-0.25, -0.2) is 0 Å². The number of anilines is 1. The van der Waals surface area contributed by atoms with Crippen molar-refractivity contribution < 1.29 is 4.79 Å². The van der Waals surface area contributed by atoms with E-state index in [1.807, 2.05) is 0 Å². The minimum absolute atomic E-state index is 0.00845. The van der Waals surface area contributed by atoms with Gasteiger partial charge in [0.2, 0.25) is 5.91 Å². The Morgan fingerprint density at radius 3 is 2.42 bits per heavy atom. The van der Waals surface area contributed by atoms with Crippen LogP contribution in [0.5, 0.6) is 0 Å². The zero-order chi connectivity index (χ0) is 14.4. The maximum absolute atomic E-state index is 11.5. The van der Waals surface area contributed by atoms with E-state index in [-0.39, 0.29) is 17.4 Å². The minimum Gasteiger partial charge on any atom is -0.326 e. The molecule has 19 heavy (non-hydrogen) atoms. The summed E-state index contributed by atoms with van der Waals surface area (Å²) in [4.78, 5) is 11.5. The van der Waals surface area contributed by atoms with Gasteiger partial charge < -0.3 is 11.1 Å². The molecule has 1 aliphatic heterocycles. The quantitative estimate of drug-likeness (QED) is 0.814. The van der Waals surface area contributed by atoms with Crippen molar-refractivity contribution in [3.63, 3.8) is 0 Å². The molecule has 0 aromatic heterocycles. The van der Waals surface area contributed by atoms with Crippen molar-refractivity contribution in [2.45, 2.75) is 53.5 Å². The lowest BCUT2D eigenvalue weighted by Gasteiger charge is -2.31. The van der Waals surface area contributed by atoms with Crippen molar-refractivity contribution >= 4 is 11.6 Å². The molecule has 2 rings (SSSR count). The second-order valence-electron chi connectivity index (χ2n) is 6.64. The zero-order valence-corrected chi connectivity index (χ0v) is 12.6. The first-order chi connectivity index (χ1) is 8.71. The largest absolute Gasteiger partial charge is 0.326 e. The molecule has 0 spiro atoms. The number of hydrogen-bond acceptors (Lipinski definition) is 2. The van der Waals surface area contributed by atoms with Gasteiger partial charge in [-0.15, -0.1) is 0 Å². The van der Waals surface area contributed by atoms with Crippen molar-refractivity contribution in [3.8, 4) is 0 Å². The molecule has 0 saturated carbocycles. The van der Waals surface area contributed by atoms with Gasteiger partial charge in [-0.1, -0.05) is 26.8 Å². The van der Waals surface area contributed by atoms with Gasteiger partial charge in [0.05, 0.1) is 0 Å². The van der Waals surface area contributed by atoms with E-state index in [1.54, 1.807) is 0 Å². The zero-order valence-electron chi connectivity index (χ0n) is 12.6. The smallest absolute Gasteiger partial charge is 0.224 e. The van der Waals surface area contributed by atoms with Crippen LogP contribution in [0.25, 0.3) is 0 Å². The number of fused-ring (bicyclic) bond motifs is 1. The lowest BCUT2D eigenvalue weighted by Crippen LogP contribution is -2.28. The molecule has 3 nitrogen and oxygen atoms in total. The molecule has 3 N–H and O–H groups in total. The van der Waals surface area contributed by atoms with Gasteiger partial charge in [-0.2, -0.15) is 0 Å². The fourth-order valence-electron chi connectivity index (χ4n) is 2.62. The summed E-state index contributed by atoms with van der Waals surface area (Å²) in [7, 11) is 0. The SMILES string of the molecule is Cc1c(C(N)C(C)(C)C)cc2c(c1C)NC(=O)CC2. The number of aryl methyl sites for hydroxylation is 1. The number of carbonyl (C=O) groups excluding carboxylic acids is 1. The normalized spacial score (nSPS) is 16.8. The summed E-state index contributed by atoms with van der Waals surface area (Å²) in [5.41, 5.74) is 12.2. The van der Waals surface area contributed by atoms with Gasteiger partial charge in [0.25, 0.3) is 0 Å². The molecule has 3 heteroatoms. The van der Waals surface area contributed by atoms with Crippen LogP contribution in [-0.4, -0.2) is 5.91 Å². The number of carbonyl (C=O) groups is 1. The van der Waals surface area contributed by atoms with Crippen LogP contribution in [0.2, 0.25) is 0 Å². The summed E-state index contributed by atoms with van der Waals surface area (Å²) < 4.78 is 0. The first-order valence-corrected chi connectivity index (χ1v) is 6.90. The van der Waals surface area contributed by atoms with Crippen molar-refractivity contribution in [1.82, 2.24) is 0 Å². The highest BCUT2D eigenvalue weighted by Crippen LogP contribution is 2.38. The van der Waals surface area contributed by atoms with Crippen LogP contribution >= 0.6 is 0 Å². The lowest BCUT2D eigenvalue weighted by atomic mass is 9.79. The van der Waals surface area contributed by atoms with Gasteiger partial charge in [0.1, 0.15) is 0 Å². The fraction of sp³-hybridized carbons (Fsp3) is 0.562. The molecule has 0 aliphatic carbocycles. The van der Waals surface area contributed by atoms with Crippen molar-refractivity contribution in [1.29, 1.82) is 0 Å². The van der Waals surface area contributed by atoms with Crippen molar-refractivity contribution in [2.24, 2.45) is 11.1 Å². The third-order valence-electron chi connectivity index (χ3n) is 4.18. The average molecular weight is 260 g/mol. The maximum atomic E-state index is 11.5. The fourth-order valence-corrected chi connectivity index (χ4v) is 2.62. The molecule has 0 saturated heterocycles. The van der Waals surface area contributed by atoms with E-state index < -0.39 is 0 Å². The average Bonchev–Trinajstić information content (AvgIpc) is 2.32. The van der Waals surface area contributed by atoms with E-state index >= 15 is 0 Å². The molecule has 1 aromatic rings. The number of nitrogens with two attached hydrogens (primary N) is 1. The number of nitrogens with one attached hydrogen (secondary N) is 1. The van der Waals surface area contributed by atoms with E-state index in [9.17, 15) is 4.79 Å². The molecule has 0 bridgehead atoms. The van der Waals surface area contributed by atoms with Gasteiger partial charge >= 0.3 is 0 Å². The van der Waals surface area contributed by atoms with Crippen molar-refractivity contribution in [2.75, 3.05) is 5.32 Å². The molecule has 0 fully saturated rings. The minimum atomic E-state index is 0.00845. The molecule has 1 atom stereocenters. The lowest BCUT2D eigenvalue weighted by molar-refractivity contribution is -0.116. The van der Waals surface area contributed by atoms with Crippen LogP contribution in [0.1, 0.15) is 55.5 Å². The Hall–Kier alpha value is -1.35. The monoisotopic (exact) mass is 260 g/mol. The van der Waals surface area contributed by atoms with E-state index in [1.165, 1.54) is 16.7 Å². The van der Waals surface area contributed by atoms with Crippen LogP contribution < -0.4 is 11.1 Å². The molecular formula is C16H24N2O. The number of rotatable bonds is 1. The van der Waals surface area contributed by atoms with Crippen LogP contribution in [0.4, 0.5) is 5.69 Å². The summed E-state index contributed by atoms with van der Waals surface area (Å²) in [5.74, 6) is 0.114. The van der Waals surface area contributed by atoms with Crippen LogP contribution in [-0.2, 0) is 11.2 Å². The Morgan fingerprint density at radius 2 is 1.84 bits per heavy atom. The molecular weight excluding hydrogens is 236 g/mol. The Kier molecular flexibility index (Phi) is 3.43. The highest BCUT2D eigenvalue weighted by atomic mass is 16.1. The molecule has 0 radical (unpaired) electrons. The first-order valence-electron chi connectivity index (χ1n) is 6.90. The molecule has 104 valence electrons. The third kappa shape index (κ3) is 2.52. The summed E-state index contributed by atoms with van der Waals surface area (Å²) in [6.45, 7) is 10.6. The topological polar surface area (TPSA) is 55.1 Å².